The molecule has 5 fully saturated rings. The number of carbonyl (C=O) groups excluding carboxylic acids is 3. The van der Waals surface area contributed by atoms with Gasteiger partial charge in [-0.3, -0.25) is 29.1 Å². The molecule has 7 aromatic rings. The number of anilines is 2. The highest BCUT2D eigenvalue weighted by atomic mass is 19.1. The summed E-state index contributed by atoms with van der Waals surface area (Å²) < 4.78 is 52.5. The number of aromatic hydroxyl groups is 1. The number of amides is 3. The number of rotatable bonds is 16. The molecule has 9 heterocycles. The average molecular weight is 1230 g/mol. The maximum atomic E-state index is 17.4. The molecule has 12 rings (SSSR count). The molecule has 474 valence electrons. The Morgan fingerprint density at radius 1 is 0.889 bits per heavy atom. The number of hydrogen-bond acceptors (Lipinski definition) is 16. The highest BCUT2D eigenvalue weighted by Gasteiger charge is 2.46. The van der Waals surface area contributed by atoms with Crippen LogP contribution in [-0.2, 0) is 21.4 Å². The van der Waals surface area contributed by atoms with Gasteiger partial charge in [0.1, 0.15) is 52.8 Å². The van der Waals surface area contributed by atoms with Gasteiger partial charge in [0, 0.05) is 82.1 Å². The van der Waals surface area contributed by atoms with Crippen LogP contribution in [-0.4, -0.2) is 162 Å². The molecule has 3 N–H and O–H groups in total. The Morgan fingerprint density at radius 3 is 2.27 bits per heavy atom. The molecule has 5 aliphatic rings. The Labute approximate surface area is 522 Å². The number of piperidine rings is 2. The number of nitrogens with one attached hydrogen (secondary N) is 1. The summed E-state index contributed by atoms with van der Waals surface area (Å²) in [6, 6.07) is 15.7. The number of phenols is 1. The van der Waals surface area contributed by atoms with Crippen LogP contribution in [0.3, 0.4) is 0 Å². The number of likely N-dealkylation sites (tertiary alicyclic amines) is 2. The van der Waals surface area contributed by atoms with Gasteiger partial charge in [-0.2, -0.15) is 15.1 Å². The topological polar surface area (TPSA) is 221 Å². The van der Waals surface area contributed by atoms with Gasteiger partial charge in [-0.25, -0.2) is 13.6 Å². The minimum atomic E-state index is -0.840. The van der Waals surface area contributed by atoms with Crippen molar-refractivity contribution in [1.29, 1.82) is 0 Å². The van der Waals surface area contributed by atoms with Gasteiger partial charge < -0.3 is 44.2 Å². The molecule has 3 aromatic carbocycles. The van der Waals surface area contributed by atoms with Crippen molar-refractivity contribution >= 4 is 51.2 Å². The number of terminal acetylenes is 1. The number of phenolic OH excluding ortho intramolecular Hbond substituents is 1. The summed E-state index contributed by atoms with van der Waals surface area (Å²) in [5.41, 5.74) is 2.02. The Balaban J connectivity index is 0.655. The molecule has 4 unspecified atom stereocenters. The summed E-state index contributed by atoms with van der Waals surface area (Å²) in [5.74, 6) is 1.95. The number of aromatic nitrogens is 6. The van der Waals surface area contributed by atoms with E-state index in [4.69, 9.17) is 25.4 Å². The minimum Gasteiger partial charge on any atom is -0.508 e. The molecular weight excluding hydrogens is 1150 g/mol. The van der Waals surface area contributed by atoms with Crippen LogP contribution >= 0.6 is 0 Å². The highest BCUT2D eigenvalue weighted by Crippen LogP contribution is 2.42. The number of carbonyl (C=O) groups is 3. The number of aliphatic hydroxyl groups is 1. The summed E-state index contributed by atoms with van der Waals surface area (Å²) in [6.07, 6.45) is 14.7. The van der Waals surface area contributed by atoms with Gasteiger partial charge in [0.2, 0.25) is 11.8 Å². The zero-order chi connectivity index (χ0) is 63.3. The Hall–Kier alpha value is -8.42. The molecular formula is C68H80F2N12O8. The van der Waals surface area contributed by atoms with Crippen LogP contribution in [0.4, 0.5) is 25.2 Å². The number of aliphatic hydroxyl groups excluding tert-OH is 1. The van der Waals surface area contributed by atoms with Crippen molar-refractivity contribution in [1.82, 2.24) is 49.9 Å². The molecule has 0 spiro atoms. The predicted octanol–water partition coefficient (Wildman–Crippen LogP) is 9.76. The highest BCUT2D eigenvalue weighted by molar-refractivity contribution is 6.03. The van der Waals surface area contributed by atoms with E-state index in [1.807, 2.05) is 94.8 Å². The quantitative estimate of drug-likeness (QED) is 0.0766. The summed E-state index contributed by atoms with van der Waals surface area (Å²) in [7, 11) is 1.89. The fourth-order valence-electron chi connectivity index (χ4n) is 14.3. The van der Waals surface area contributed by atoms with Crippen molar-refractivity contribution < 1.29 is 47.4 Å². The SMILES string of the molecule is C#Cc1c(F)ccc2cc(O)cc(-c3ncc4c(N5CC6CCC(C5)N6C(=O)OC(C)(C)C)nc(OCCN5CCC(CC6CCN(c7cc(C(C(=O)N8C[C@H](O)C[C@H]8C(=O)NC(C)c8ccc(-c9ccnn9C)cc8)C(C)C)on7)CC6)CC5)nc4c3F)c12. The van der Waals surface area contributed by atoms with Gasteiger partial charge >= 0.3 is 12.1 Å². The summed E-state index contributed by atoms with van der Waals surface area (Å²) in [5, 5.41) is 34.4. The third kappa shape index (κ3) is 12.7. The summed E-state index contributed by atoms with van der Waals surface area (Å²) in [6.45, 7) is 16.5. The lowest BCUT2D eigenvalue weighted by Crippen LogP contribution is -2.57. The second kappa shape index (κ2) is 25.5. The number of pyridine rings is 1. The number of piperazine rings is 1. The zero-order valence-corrected chi connectivity index (χ0v) is 52.2. The van der Waals surface area contributed by atoms with Crippen LogP contribution in [0.2, 0.25) is 0 Å². The van der Waals surface area contributed by atoms with Crippen molar-refractivity contribution in [2.45, 2.75) is 135 Å². The third-order valence-electron chi connectivity index (χ3n) is 18.9. The molecule has 5 saturated heterocycles. The maximum Gasteiger partial charge on any atom is 0.410 e. The fourth-order valence-corrected chi connectivity index (χ4v) is 14.3. The fraction of sp³-hybridized carbons (Fsp3) is 0.500. The number of β-amino-alcohol motifs (C(OH)–C–C–N with tert-alkyl or cyclic N) is 1. The molecule has 0 aliphatic carbocycles. The van der Waals surface area contributed by atoms with Gasteiger partial charge in [0.25, 0.3) is 0 Å². The minimum absolute atomic E-state index is 0.0213. The van der Waals surface area contributed by atoms with E-state index in [1.165, 1.54) is 35.4 Å². The second-order valence-electron chi connectivity index (χ2n) is 26.5. The molecule has 4 aromatic heterocycles. The molecule has 22 heteroatoms. The van der Waals surface area contributed by atoms with Crippen molar-refractivity contribution in [2.75, 3.05) is 68.8 Å². The number of ether oxygens (including phenoxy) is 2. The van der Waals surface area contributed by atoms with E-state index in [-0.39, 0.29) is 101 Å². The molecule has 90 heavy (non-hydrogen) atoms. The van der Waals surface area contributed by atoms with Crippen molar-refractivity contribution in [3.8, 4) is 46.6 Å². The predicted molar refractivity (Wildman–Crippen MR) is 337 cm³/mol. The van der Waals surface area contributed by atoms with E-state index in [0.29, 0.717) is 59.6 Å². The van der Waals surface area contributed by atoms with Crippen molar-refractivity contribution in [3.63, 3.8) is 0 Å². The monoisotopic (exact) mass is 1230 g/mol. The lowest BCUT2D eigenvalue weighted by molar-refractivity contribution is -0.141. The van der Waals surface area contributed by atoms with E-state index in [2.05, 4.69) is 41.3 Å². The van der Waals surface area contributed by atoms with Crippen LogP contribution in [0.1, 0.15) is 122 Å². The van der Waals surface area contributed by atoms with Crippen LogP contribution in [0.5, 0.6) is 11.8 Å². The lowest BCUT2D eigenvalue weighted by Gasteiger charge is -2.42. The Morgan fingerprint density at radius 2 is 1.60 bits per heavy atom. The number of aryl methyl sites for hydroxylation is 1. The summed E-state index contributed by atoms with van der Waals surface area (Å²) >= 11 is 0. The smallest absolute Gasteiger partial charge is 0.410 e. The molecule has 0 radical (unpaired) electrons. The number of fused-ring (bicyclic) bond motifs is 4. The Kier molecular flexibility index (Phi) is 17.5. The zero-order valence-electron chi connectivity index (χ0n) is 52.2. The first kappa shape index (κ1) is 61.8. The van der Waals surface area contributed by atoms with Gasteiger partial charge in [0.15, 0.2) is 17.4 Å². The first-order valence-electron chi connectivity index (χ1n) is 31.7. The molecule has 20 nitrogen and oxygen atoms in total. The van der Waals surface area contributed by atoms with Gasteiger partial charge in [-0.15, -0.1) is 6.42 Å². The van der Waals surface area contributed by atoms with Crippen LogP contribution in [0, 0.1) is 41.7 Å². The number of nitrogens with zero attached hydrogens (tertiary/aromatic N) is 11. The molecule has 6 atom stereocenters. The molecule has 5 aliphatic heterocycles. The van der Waals surface area contributed by atoms with E-state index in [0.717, 1.165) is 87.9 Å². The first-order valence-corrected chi connectivity index (χ1v) is 31.7. The lowest BCUT2D eigenvalue weighted by atomic mass is 9.83. The van der Waals surface area contributed by atoms with Gasteiger partial charge in [-0.05, 0) is 144 Å². The molecule has 0 saturated carbocycles. The van der Waals surface area contributed by atoms with Gasteiger partial charge in [-0.1, -0.05) is 55.3 Å². The molecule has 2 bridgehead atoms. The van der Waals surface area contributed by atoms with E-state index in [1.54, 1.807) is 10.9 Å². The van der Waals surface area contributed by atoms with Crippen LogP contribution < -0.4 is 19.9 Å². The maximum absolute atomic E-state index is 17.4. The number of halogens is 2. The van der Waals surface area contributed by atoms with Crippen LogP contribution in [0.25, 0.3) is 44.2 Å². The standard InChI is InChI=1S/C68H80F2N12O8/c1-9-50-53(69)17-14-45-31-48(83)32-51(59(45)50)61-60(70)62-52(35-71-61)63(80-36-46-15-16-47(37-80)82(46)67(87)89-68(5,6)7)75-66(74-62)88-29-28-78-24-19-41(20-25-78)30-42-21-26-79(27-22-42)57-34-56(90-76-57)58(39(2)3)65(86)81-38-49(84)33-55(81)64(85)73-40(4)43-10-12-44(13-11-43)54-18-23-72-77(54)8/h1,10-14,17-18,23,31-32,34-35,39-42,46-47,49,55,58,83-84H,15-16,19-22,24-30,33,36-38H2,2-8H3,(H,73,85)/t40?,46?,47?,49-,55+,58?/m1/s1. The number of benzene rings is 3. The first-order chi connectivity index (χ1) is 43.2. The number of hydrogen-bond donors (Lipinski definition) is 3. The van der Waals surface area contributed by atoms with Crippen molar-refractivity contribution in [2.24, 2.45) is 24.8 Å². The van der Waals surface area contributed by atoms with E-state index < -0.39 is 35.3 Å². The summed E-state index contributed by atoms with van der Waals surface area (Å²) in [4.78, 5) is 66.0. The normalized spacial score (nSPS) is 20.9. The van der Waals surface area contributed by atoms with Gasteiger partial charge in [0.05, 0.1) is 40.9 Å². The van der Waals surface area contributed by atoms with E-state index >= 15 is 8.78 Å². The van der Waals surface area contributed by atoms with E-state index in [9.17, 15) is 24.6 Å². The second-order valence-corrected chi connectivity index (χ2v) is 26.5. The largest absolute Gasteiger partial charge is 0.508 e. The average Bonchev–Trinajstić information content (AvgIpc) is 1.01. The van der Waals surface area contributed by atoms with Crippen molar-refractivity contribution in [3.05, 3.63) is 102 Å². The molecule has 3 amide bonds. The Bertz CT molecular complexity index is 3830. The third-order valence-corrected chi connectivity index (χ3v) is 18.9. The van der Waals surface area contributed by atoms with Crippen LogP contribution in [0.15, 0.2) is 77.6 Å².